The molecular formula is C15H18F3NO2. The lowest BCUT2D eigenvalue weighted by atomic mass is 9.90. The molecule has 2 fully saturated rings. The SMILES string of the molecule is FC(F)(F)Oc1cccc(C2CNC3CCCCC3O2)c1. The smallest absolute Gasteiger partial charge is 0.406 e. The maximum atomic E-state index is 12.3. The Bertz CT molecular complexity index is 492. The minimum absolute atomic E-state index is 0.157. The van der Waals surface area contributed by atoms with Gasteiger partial charge in [0.05, 0.1) is 12.2 Å². The molecule has 1 saturated heterocycles. The summed E-state index contributed by atoms with van der Waals surface area (Å²) in [5, 5.41) is 3.45. The molecule has 0 spiro atoms. The van der Waals surface area contributed by atoms with Crippen molar-refractivity contribution in [3.63, 3.8) is 0 Å². The maximum Gasteiger partial charge on any atom is 0.573 e. The Kier molecular flexibility index (Phi) is 4.08. The molecule has 0 radical (unpaired) electrons. The Balaban J connectivity index is 1.70. The summed E-state index contributed by atoms with van der Waals surface area (Å²) in [6, 6.07) is 6.43. The second-order valence-corrected chi connectivity index (χ2v) is 5.58. The molecule has 0 aromatic heterocycles. The van der Waals surface area contributed by atoms with Crippen LogP contribution in [0.1, 0.15) is 37.4 Å². The van der Waals surface area contributed by atoms with Gasteiger partial charge in [-0.2, -0.15) is 0 Å². The van der Waals surface area contributed by atoms with Gasteiger partial charge in [0.15, 0.2) is 0 Å². The second-order valence-electron chi connectivity index (χ2n) is 5.58. The molecule has 1 aromatic carbocycles. The highest BCUT2D eigenvalue weighted by atomic mass is 19.4. The number of hydrogen-bond acceptors (Lipinski definition) is 3. The van der Waals surface area contributed by atoms with E-state index in [1.54, 1.807) is 12.1 Å². The summed E-state index contributed by atoms with van der Waals surface area (Å²) < 4.78 is 46.8. The van der Waals surface area contributed by atoms with Crippen molar-refractivity contribution in [1.82, 2.24) is 5.32 Å². The van der Waals surface area contributed by atoms with Crippen molar-refractivity contribution in [3.05, 3.63) is 29.8 Å². The van der Waals surface area contributed by atoms with Gasteiger partial charge in [-0.1, -0.05) is 25.0 Å². The zero-order valence-corrected chi connectivity index (χ0v) is 11.5. The standard InChI is InChI=1S/C15H18F3NO2/c16-15(17,18)21-11-5-3-4-10(8-11)14-9-19-12-6-1-2-7-13(12)20-14/h3-5,8,12-14,19H,1-2,6-7,9H2. The Hall–Kier alpha value is -1.27. The van der Waals surface area contributed by atoms with Gasteiger partial charge in [-0.25, -0.2) is 0 Å². The van der Waals surface area contributed by atoms with E-state index in [0.29, 0.717) is 18.2 Å². The van der Waals surface area contributed by atoms with Crippen LogP contribution in [-0.2, 0) is 4.74 Å². The molecule has 1 aliphatic carbocycles. The van der Waals surface area contributed by atoms with Crippen LogP contribution in [0.2, 0.25) is 0 Å². The topological polar surface area (TPSA) is 30.5 Å². The fraction of sp³-hybridized carbons (Fsp3) is 0.600. The summed E-state index contributed by atoms with van der Waals surface area (Å²) in [4.78, 5) is 0. The van der Waals surface area contributed by atoms with E-state index >= 15 is 0 Å². The molecular weight excluding hydrogens is 283 g/mol. The van der Waals surface area contributed by atoms with Gasteiger partial charge in [0.1, 0.15) is 5.75 Å². The van der Waals surface area contributed by atoms with Crippen LogP contribution in [0.25, 0.3) is 0 Å². The summed E-state index contributed by atoms with van der Waals surface area (Å²) in [5.41, 5.74) is 0.716. The molecule has 3 nitrogen and oxygen atoms in total. The molecule has 3 atom stereocenters. The Morgan fingerprint density at radius 2 is 2.00 bits per heavy atom. The fourth-order valence-corrected chi connectivity index (χ4v) is 3.12. The van der Waals surface area contributed by atoms with Crippen LogP contribution in [0.3, 0.4) is 0 Å². The summed E-state index contributed by atoms with van der Waals surface area (Å²) in [6.07, 6.45) is -0.268. The molecule has 1 saturated carbocycles. The number of ether oxygens (including phenoxy) is 2. The van der Waals surface area contributed by atoms with Gasteiger partial charge in [0.2, 0.25) is 0 Å². The van der Waals surface area contributed by atoms with Gasteiger partial charge in [-0.3, -0.25) is 0 Å². The molecule has 1 aromatic rings. The lowest BCUT2D eigenvalue weighted by Gasteiger charge is -2.40. The third kappa shape index (κ3) is 3.68. The highest BCUT2D eigenvalue weighted by Gasteiger charge is 2.34. The number of fused-ring (bicyclic) bond motifs is 1. The molecule has 1 N–H and O–H groups in total. The zero-order chi connectivity index (χ0) is 14.9. The molecule has 116 valence electrons. The van der Waals surface area contributed by atoms with Crippen LogP contribution in [0.15, 0.2) is 24.3 Å². The largest absolute Gasteiger partial charge is 0.573 e. The van der Waals surface area contributed by atoms with Crippen LogP contribution in [0.4, 0.5) is 13.2 Å². The van der Waals surface area contributed by atoms with Gasteiger partial charge in [0.25, 0.3) is 0 Å². The Labute approximate surface area is 121 Å². The van der Waals surface area contributed by atoms with Gasteiger partial charge in [0, 0.05) is 12.6 Å². The van der Waals surface area contributed by atoms with Crippen molar-refractivity contribution in [2.24, 2.45) is 0 Å². The summed E-state index contributed by atoms with van der Waals surface area (Å²) in [5.74, 6) is -0.200. The number of benzene rings is 1. The summed E-state index contributed by atoms with van der Waals surface area (Å²) in [6.45, 7) is 0.622. The van der Waals surface area contributed by atoms with Gasteiger partial charge in [-0.05, 0) is 30.5 Å². The van der Waals surface area contributed by atoms with E-state index in [2.05, 4.69) is 10.1 Å². The molecule has 3 unspecified atom stereocenters. The predicted molar refractivity (Wildman–Crippen MR) is 71.0 cm³/mol. The van der Waals surface area contributed by atoms with E-state index < -0.39 is 6.36 Å². The summed E-state index contributed by atoms with van der Waals surface area (Å²) in [7, 11) is 0. The molecule has 6 heteroatoms. The zero-order valence-electron chi connectivity index (χ0n) is 11.5. The van der Waals surface area contributed by atoms with E-state index in [9.17, 15) is 13.2 Å². The minimum atomic E-state index is -4.67. The number of rotatable bonds is 2. The van der Waals surface area contributed by atoms with Crippen LogP contribution in [-0.4, -0.2) is 25.1 Å². The van der Waals surface area contributed by atoms with E-state index in [-0.39, 0.29) is 18.0 Å². The number of morpholine rings is 1. The Morgan fingerprint density at radius 3 is 2.81 bits per heavy atom. The highest BCUT2D eigenvalue weighted by Crippen LogP contribution is 2.33. The normalized spacial score (nSPS) is 29.8. The molecule has 1 heterocycles. The highest BCUT2D eigenvalue weighted by molar-refractivity contribution is 5.30. The van der Waals surface area contributed by atoms with Crippen molar-refractivity contribution in [2.75, 3.05) is 6.54 Å². The number of nitrogens with one attached hydrogen (secondary N) is 1. The molecule has 0 amide bonds. The summed E-state index contributed by atoms with van der Waals surface area (Å²) >= 11 is 0. The van der Waals surface area contributed by atoms with Crippen molar-refractivity contribution in [3.8, 4) is 5.75 Å². The van der Waals surface area contributed by atoms with E-state index in [0.717, 1.165) is 19.3 Å². The van der Waals surface area contributed by atoms with Crippen molar-refractivity contribution in [1.29, 1.82) is 0 Å². The average molecular weight is 301 g/mol. The average Bonchev–Trinajstić information content (AvgIpc) is 2.45. The first-order chi connectivity index (χ1) is 10.0. The van der Waals surface area contributed by atoms with E-state index in [4.69, 9.17) is 4.74 Å². The van der Waals surface area contributed by atoms with E-state index in [1.807, 2.05) is 0 Å². The number of hydrogen-bond donors (Lipinski definition) is 1. The molecule has 0 bridgehead atoms. The predicted octanol–water partition coefficient (Wildman–Crippen LogP) is 3.56. The monoisotopic (exact) mass is 301 g/mol. The van der Waals surface area contributed by atoms with Gasteiger partial charge < -0.3 is 14.8 Å². The lowest BCUT2D eigenvalue weighted by molar-refractivity contribution is -0.274. The molecule has 1 aliphatic heterocycles. The number of alkyl halides is 3. The maximum absolute atomic E-state index is 12.3. The lowest BCUT2D eigenvalue weighted by Crippen LogP contribution is -2.50. The molecule has 21 heavy (non-hydrogen) atoms. The third-order valence-electron chi connectivity index (χ3n) is 4.07. The van der Waals surface area contributed by atoms with Gasteiger partial charge in [-0.15, -0.1) is 13.2 Å². The first-order valence-electron chi connectivity index (χ1n) is 7.26. The second kappa shape index (κ2) is 5.85. The van der Waals surface area contributed by atoms with Crippen LogP contribution in [0.5, 0.6) is 5.75 Å². The molecule has 2 aliphatic rings. The van der Waals surface area contributed by atoms with Crippen molar-refractivity contribution < 1.29 is 22.6 Å². The quantitative estimate of drug-likeness (QED) is 0.906. The van der Waals surface area contributed by atoms with Crippen LogP contribution < -0.4 is 10.1 Å². The molecule has 3 rings (SSSR count). The fourth-order valence-electron chi connectivity index (χ4n) is 3.12. The first-order valence-corrected chi connectivity index (χ1v) is 7.26. The van der Waals surface area contributed by atoms with Crippen molar-refractivity contribution in [2.45, 2.75) is 50.3 Å². The minimum Gasteiger partial charge on any atom is -0.406 e. The first kappa shape index (κ1) is 14.7. The van der Waals surface area contributed by atoms with Crippen molar-refractivity contribution >= 4 is 0 Å². The van der Waals surface area contributed by atoms with Crippen LogP contribution >= 0.6 is 0 Å². The Morgan fingerprint density at radius 1 is 1.19 bits per heavy atom. The van der Waals surface area contributed by atoms with E-state index in [1.165, 1.54) is 18.6 Å². The van der Waals surface area contributed by atoms with Crippen LogP contribution in [0, 0.1) is 0 Å². The van der Waals surface area contributed by atoms with Gasteiger partial charge >= 0.3 is 6.36 Å². The third-order valence-corrected chi connectivity index (χ3v) is 4.07. The number of halogens is 3.